The maximum absolute atomic E-state index is 13.1. The molecule has 0 bridgehead atoms. The fourth-order valence-electron chi connectivity index (χ4n) is 1.23. The topological polar surface area (TPSA) is 41.5 Å². The SMILES string of the molecule is CNC(CO)CCOc1ccc(F)cc1F. The quantitative estimate of drug-likeness (QED) is 0.775. The molecule has 0 aliphatic heterocycles. The fourth-order valence-corrected chi connectivity index (χ4v) is 1.23. The van der Waals surface area contributed by atoms with Crippen LogP contribution in [-0.2, 0) is 0 Å². The summed E-state index contributed by atoms with van der Waals surface area (Å²) >= 11 is 0. The number of hydrogen-bond donors (Lipinski definition) is 2. The van der Waals surface area contributed by atoms with Crippen molar-refractivity contribution in [2.45, 2.75) is 12.5 Å². The molecule has 0 fully saturated rings. The Morgan fingerprint density at radius 2 is 2.19 bits per heavy atom. The molecular formula is C11H15F2NO2. The van der Waals surface area contributed by atoms with Crippen LogP contribution >= 0.6 is 0 Å². The summed E-state index contributed by atoms with van der Waals surface area (Å²) < 4.78 is 30.8. The van der Waals surface area contributed by atoms with E-state index in [1.807, 2.05) is 0 Å². The number of aliphatic hydroxyl groups is 1. The van der Waals surface area contributed by atoms with Crippen molar-refractivity contribution < 1.29 is 18.6 Å². The molecule has 0 heterocycles. The van der Waals surface area contributed by atoms with Gasteiger partial charge in [-0.05, 0) is 25.6 Å². The number of rotatable bonds is 6. The van der Waals surface area contributed by atoms with Gasteiger partial charge in [0.1, 0.15) is 5.82 Å². The van der Waals surface area contributed by atoms with Crippen LogP contribution in [0.4, 0.5) is 8.78 Å². The van der Waals surface area contributed by atoms with E-state index in [1.165, 1.54) is 6.07 Å². The number of ether oxygens (including phenoxy) is 1. The van der Waals surface area contributed by atoms with Crippen LogP contribution in [-0.4, -0.2) is 31.4 Å². The van der Waals surface area contributed by atoms with Gasteiger partial charge in [0.05, 0.1) is 13.2 Å². The van der Waals surface area contributed by atoms with E-state index >= 15 is 0 Å². The lowest BCUT2D eigenvalue weighted by atomic mass is 10.2. The van der Waals surface area contributed by atoms with Crippen LogP contribution < -0.4 is 10.1 Å². The van der Waals surface area contributed by atoms with Crippen molar-refractivity contribution in [3.05, 3.63) is 29.8 Å². The summed E-state index contributed by atoms with van der Waals surface area (Å²) in [5.74, 6) is -1.33. The molecule has 90 valence electrons. The zero-order valence-corrected chi connectivity index (χ0v) is 9.04. The second-order valence-corrected chi connectivity index (χ2v) is 3.38. The molecule has 0 spiro atoms. The normalized spacial score (nSPS) is 12.5. The fraction of sp³-hybridized carbons (Fsp3) is 0.455. The lowest BCUT2D eigenvalue weighted by Gasteiger charge is -2.13. The molecule has 0 saturated heterocycles. The highest BCUT2D eigenvalue weighted by molar-refractivity contribution is 5.24. The van der Waals surface area contributed by atoms with E-state index in [4.69, 9.17) is 9.84 Å². The first-order chi connectivity index (χ1) is 7.67. The van der Waals surface area contributed by atoms with Gasteiger partial charge in [0.25, 0.3) is 0 Å². The first kappa shape index (κ1) is 12.9. The van der Waals surface area contributed by atoms with Gasteiger partial charge >= 0.3 is 0 Å². The molecule has 1 unspecified atom stereocenters. The number of likely N-dealkylation sites (N-methyl/N-ethyl adjacent to an activating group) is 1. The predicted molar refractivity (Wildman–Crippen MR) is 56.4 cm³/mol. The van der Waals surface area contributed by atoms with Crippen LogP contribution in [0.3, 0.4) is 0 Å². The number of halogens is 2. The summed E-state index contributed by atoms with van der Waals surface area (Å²) in [7, 11) is 1.72. The standard InChI is InChI=1S/C11H15F2NO2/c1-14-9(7-15)4-5-16-11-3-2-8(12)6-10(11)13/h2-3,6,9,14-15H,4-5,7H2,1H3. The van der Waals surface area contributed by atoms with E-state index in [-0.39, 0.29) is 25.0 Å². The zero-order chi connectivity index (χ0) is 12.0. The number of aliphatic hydroxyl groups excluding tert-OH is 1. The lowest BCUT2D eigenvalue weighted by Crippen LogP contribution is -2.30. The molecule has 0 aliphatic rings. The third-order valence-electron chi connectivity index (χ3n) is 2.25. The number of nitrogens with one attached hydrogen (secondary N) is 1. The Labute approximate surface area is 93.0 Å². The largest absolute Gasteiger partial charge is 0.490 e. The molecule has 16 heavy (non-hydrogen) atoms. The van der Waals surface area contributed by atoms with E-state index in [9.17, 15) is 8.78 Å². The van der Waals surface area contributed by atoms with Crippen LogP contribution in [0.1, 0.15) is 6.42 Å². The smallest absolute Gasteiger partial charge is 0.167 e. The van der Waals surface area contributed by atoms with Crippen LogP contribution in [0.15, 0.2) is 18.2 Å². The zero-order valence-electron chi connectivity index (χ0n) is 9.04. The summed E-state index contributed by atoms with van der Waals surface area (Å²) in [4.78, 5) is 0. The third kappa shape index (κ3) is 3.75. The second-order valence-electron chi connectivity index (χ2n) is 3.38. The van der Waals surface area contributed by atoms with Crippen LogP contribution in [0.5, 0.6) is 5.75 Å². The van der Waals surface area contributed by atoms with Crippen LogP contribution in [0.2, 0.25) is 0 Å². The lowest BCUT2D eigenvalue weighted by molar-refractivity contribution is 0.211. The van der Waals surface area contributed by atoms with Crippen molar-refractivity contribution in [3.63, 3.8) is 0 Å². The average Bonchev–Trinajstić information content (AvgIpc) is 2.27. The highest BCUT2D eigenvalue weighted by Gasteiger charge is 2.07. The first-order valence-electron chi connectivity index (χ1n) is 5.03. The molecule has 3 nitrogen and oxygen atoms in total. The van der Waals surface area contributed by atoms with E-state index in [0.717, 1.165) is 12.1 Å². The van der Waals surface area contributed by atoms with Gasteiger partial charge in [0, 0.05) is 12.1 Å². The molecule has 2 N–H and O–H groups in total. The van der Waals surface area contributed by atoms with Crippen LogP contribution in [0.25, 0.3) is 0 Å². The highest BCUT2D eigenvalue weighted by atomic mass is 19.1. The molecule has 0 aromatic heterocycles. The van der Waals surface area contributed by atoms with Crippen molar-refractivity contribution in [2.75, 3.05) is 20.3 Å². The van der Waals surface area contributed by atoms with Gasteiger partial charge in [-0.2, -0.15) is 0 Å². The van der Waals surface area contributed by atoms with Gasteiger partial charge in [0.2, 0.25) is 0 Å². The molecule has 1 atom stereocenters. The minimum atomic E-state index is -0.718. The summed E-state index contributed by atoms with van der Waals surface area (Å²) in [5.41, 5.74) is 0. The van der Waals surface area contributed by atoms with Crippen molar-refractivity contribution in [2.24, 2.45) is 0 Å². The van der Waals surface area contributed by atoms with E-state index in [2.05, 4.69) is 5.32 Å². The third-order valence-corrected chi connectivity index (χ3v) is 2.25. The van der Waals surface area contributed by atoms with Gasteiger partial charge in [-0.3, -0.25) is 0 Å². The van der Waals surface area contributed by atoms with Crippen LogP contribution in [0, 0.1) is 11.6 Å². The average molecular weight is 231 g/mol. The van der Waals surface area contributed by atoms with Crippen molar-refractivity contribution in [3.8, 4) is 5.75 Å². The van der Waals surface area contributed by atoms with Gasteiger partial charge in [-0.1, -0.05) is 0 Å². The van der Waals surface area contributed by atoms with Crippen molar-refractivity contribution >= 4 is 0 Å². The Morgan fingerprint density at radius 3 is 2.75 bits per heavy atom. The summed E-state index contributed by atoms with van der Waals surface area (Å²) in [6, 6.07) is 3.08. The van der Waals surface area contributed by atoms with Gasteiger partial charge in [0.15, 0.2) is 11.6 Å². The minimum absolute atomic E-state index is 0.00817. The summed E-state index contributed by atoms with van der Waals surface area (Å²) in [6.45, 7) is 0.250. The molecule has 0 aliphatic carbocycles. The molecule has 0 radical (unpaired) electrons. The van der Waals surface area contributed by atoms with E-state index < -0.39 is 11.6 Å². The molecule has 1 aromatic carbocycles. The van der Waals surface area contributed by atoms with Gasteiger partial charge < -0.3 is 15.2 Å². The maximum Gasteiger partial charge on any atom is 0.167 e. The minimum Gasteiger partial charge on any atom is -0.490 e. The Balaban J connectivity index is 2.42. The van der Waals surface area contributed by atoms with Gasteiger partial charge in [-0.25, -0.2) is 8.78 Å². The molecule has 1 aromatic rings. The Hall–Kier alpha value is -1.20. The Kier molecular flexibility index (Phi) is 5.14. The number of benzene rings is 1. The van der Waals surface area contributed by atoms with Crippen molar-refractivity contribution in [1.82, 2.24) is 5.32 Å². The Morgan fingerprint density at radius 1 is 1.44 bits per heavy atom. The van der Waals surface area contributed by atoms with Gasteiger partial charge in [-0.15, -0.1) is 0 Å². The monoisotopic (exact) mass is 231 g/mol. The first-order valence-corrected chi connectivity index (χ1v) is 5.03. The Bertz CT molecular complexity index is 330. The number of hydrogen-bond acceptors (Lipinski definition) is 3. The summed E-state index contributed by atoms with van der Waals surface area (Å²) in [6.07, 6.45) is 0.545. The van der Waals surface area contributed by atoms with E-state index in [0.29, 0.717) is 6.42 Å². The second kappa shape index (κ2) is 6.40. The molecule has 1 rings (SSSR count). The van der Waals surface area contributed by atoms with Crippen molar-refractivity contribution in [1.29, 1.82) is 0 Å². The summed E-state index contributed by atoms with van der Waals surface area (Å²) in [5, 5.41) is 11.8. The molecule has 5 heteroatoms. The molecule has 0 amide bonds. The maximum atomic E-state index is 13.1. The van der Waals surface area contributed by atoms with E-state index in [1.54, 1.807) is 7.05 Å². The molecule has 0 saturated carbocycles. The molecular weight excluding hydrogens is 216 g/mol. The highest BCUT2D eigenvalue weighted by Crippen LogP contribution is 2.17. The predicted octanol–water partition coefficient (Wildman–Crippen LogP) is 1.31.